The minimum absolute atomic E-state index is 0.0333. The summed E-state index contributed by atoms with van der Waals surface area (Å²) in [5.41, 5.74) is 0. The van der Waals surface area contributed by atoms with Gasteiger partial charge in [-0.1, -0.05) is 0 Å². The van der Waals surface area contributed by atoms with Crippen LogP contribution in [0.3, 0.4) is 0 Å². The molecule has 2 rings (SSSR count). The standard InChI is InChI=1S/C9H15BrO3S/c1-8(2)12-6-7(13-8)5-9(3-4-9)14(10)11/h7H,3-6H2,1-2H3. The molecule has 2 unspecified atom stereocenters. The number of hydrogen-bond acceptors (Lipinski definition) is 3. The van der Waals surface area contributed by atoms with Gasteiger partial charge in [0.1, 0.15) is 0 Å². The number of hydrogen-bond donors (Lipinski definition) is 0. The molecule has 0 spiro atoms. The van der Waals surface area contributed by atoms with Crippen molar-refractivity contribution in [1.29, 1.82) is 0 Å². The van der Waals surface area contributed by atoms with Gasteiger partial charge in [0.25, 0.3) is 0 Å². The predicted molar refractivity (Wildman–Crippen MR) is 58.6 cm³/mol. The van der Waals surface area contributed by atoms with Gasteiger partial charge in [0, 0.05) is 14.8 Å². The molecule has 1 saturated carbocycles. The van der Waals surface area contributed by atoms with Gasteiger partial charge in [-0.3, -0.25) is 0 Å². The van der Waals surface area contributed by atoms with Crippen LogP contribution in [0.15, 0.2) is 0 Å². The average Bonchev–Trinajstić information content (AvgIpc) is 2.74. The maximum absolute atomic E-state index is 11.4. The molecule has 1 aliphatic heterocycles. The van der Waals surface area contributed by atoms with Gasteiger partial charge in [-0.25, -0.2) is 4.21 Å². The molecule has 1 aliphatic carbocycles. The predicted octanol–water partition coefficient (Wildman–Crippen LogP) is 2.12. The topological polar surface area (TPSA) is 35.5 Å². The molecule has 1 saturated heterocycles. The molecule has 0 radical (unpaired) electrons. The second-order valence-corrected chi connectivity index (χ2v) is 7.64. The normalized spacial score (nSPS) is 35.5. The highest BCUT2D eigenvalue weighted by Gasteiger charge is 2.51. The zero-order valence-corrected chi connectivity index (χ0v) is 10.8. The summed E-state index contributed by atoms with van der Waals surface area (Å²) in [5.74, 6) is -0.464. The maximum atomic E-state index is 11.4. The minimum Gasteiger partial charge on any atom is -0.348 e. The van der Waals surface area contributed by atoms with Crippen LogP contribution in [0.5, 0.6) is 0 Å². The van der Waals surface area contributed by atoms with Crippen LogP contribution in [0, 0.1) is 0 Å². The Morgan fingerprint density at radius 2 is 2.14 bits per heavy atom. The van der Waals surface area contributed by atoms with Crippen molar-refractivity contribution in [2.45, 2.75) is 49.7 Å². The third-order valence-electron chi connectivity index (χ3n) is 2.82. The molecule has 2 fully saturated rings. The van der Waals surface area contributed by atoms with Crippen LogP contribution in [0.4, 0.5) is 0 Å². The van der Waals surface area contributed by atoms with E-state index in [-0.39, 0.29) is 10.9 Å². The fraction of sp³-hybridized carbons (Fsp3) is 1.00. The summed E-state index contributed by atoms with van der Waals surface area (Å²) in [6, 6.07) is 0. The van der Waals surface area contributed by atoms with E-state index < -0.39 is 15.0 Å². The molecule has 1 heterocycles. The summed E-state index contributed by atoms with van der Waals surface area (Å²) < 4.78 is 22.5. The molecule has 3 nitrogen and oxygen atoms in total. The first-order valence-electron chi connectivity index (χ1n) is 4.83. The van der Waals surface area contributed by atoms with E-state index in [0.29, 0.717) is 6.61 Å². The van der Waals surface area contributed by atoms with Gasteiger partial charge < -0.3 is 9.47 Å². The van der Waals surface area contributed by atoms with Crippen LogP contribution in [0.25, 0.3) is 0 Å². The Morgan fingerprint density at radius 1 is 1.50 bits per heavy atom. The first-order valence-corrected chi connectivity index (χ1v) is 7.83. The molecular formula is C9H15BrO3S. The van der Waals surface area contributed by atoms with Gasteiger partial charge in [-0.2, -0.15) is 0 Å². The Bertz CT molecular complexity index is 263. The van der Waals surface area contributed by atoms with Crippen molar-refractivity contribution < 1.29 is 13.7 Å². The smallest absolute Gasteiger partial charge is 0.163 e. The molecule has 0 amide bonds. The fourth-order valence-corrected chi connectivity index (χ4v) is 3.96. The lowest BCUT2D eigenvalue weighted by Crippen LogP contribution is -2.26. The molecule has 2 aliphatic rings. The second-order valence-electron chi connectivity index (χ2n) is 4.56. The van der Waals surface area contributed by atoms with E-state index in [0.717, 1.165) is 19.3 Å². The highest BCUT2D eigenvalue weighted by molar-refractivity contribution is 9.46. The molecular weight excluding hydrogens is 268 g/mol. The molecule has 0 aromatic carbocycles. The Kier molecular flexibility index (Phi) is 2.79. The third-order valence-corrected chi connectivity index (χ3v) is 6.13. The van der Waals surface area contributed by atoms with E-state index in [1.165, 1.54) is 0 Å². The largest absolute Gasteiger partial charge is 0.348 e. The van der Waals surface area contributed by atoms with Gasteiger partial charge in [0.15, 0.2) is 5.79 Å². The van der Waals surface area contributed by atoms with Crippen molar-refractivity contribution >= 4 is 24.0 Å². The summed E-state index contributed by atoms with van der Waals surface area (Å²) >= 11 is 3.17. The summed E-state index contributed by atoms with van der Waals surface area (Å²) in [6.07, 6.45) is 3.01. The van der Waals surface area contributed by atoms with Gasteiger partial charge in [-0.15, -0.1) is 0 Å². The molecule has 0 aromatic rings. The summed E-state index contributed by atoms with van der Waals surface area (Å²) in [4.78, 5) is 0. The number of rotatable bonds is 3. The highest BCUT2D eigenvalue weighted by Crippen LogP contribution is 2.49. The van der Waals surface area contributed by atoms with Crippen LogP contribution in [-0.4, -0.2) is 27.5 Å². The Balaban J connectivity index is 1.91. The van der Waals surface area contributed by atoms with E-state index >= 15 is 0 Å². The van der Waals surface area contributed by atoms with Crippen LogP contribution in [0.2, 0.25) is 0 Å². The molecule has 82 valence electrons. The van der Waals surface area contributed by atoms with Crippen LogP contribution < -0.4 is 0 Å². The number of ether oxygens (including phenoxy) is 2. The van der Waals surface area contributed by atoms with E-state index in [1.807, 2.05) is 13.8 Å². The van der Waals surface area contributed by atoms with E-state index in [1.54, 1.807) is 0 Å². The van der Waals surface area contributed by atoms with Crippen LogP contribution in [0.1, 0.15) is 33.1 Å². The van der Waals surface area contributed by atoms with Gasteiger partial charge in [0.2, 0.25) is 0 Å². The first kappa shape index (κ1) is 11.0. The molecule has 2 atom stereocenters. The Morgan fingerprint density at radius 3 is 2.50 bits per heavy atom. The van der Waals surface area contributed by atoms with E-state index in [9.17, 15) is 4.21 Å². The Labute approximate surface area is 94.2 Å². The SMILES string of the molecule is CC1(C)OCC(CC2(S(=O)Br)CC2)O1. The third kappa shape index (κ3) is 2.21. The molecule has 14 heavy (non-hydrogen) atoms. The van der Waals surface area contributed by atoms with Gasteiger partial charge in [0.05, 0.1) is 26.7 Å². The molecule has 0 N–H and O–H groups in total. The fourth-order valence-electron chi connectivity index (χ4n) is 1.85. The molecule has 0 aromatic heterocycles. The maximum Gasteiger partial charge on any atom is 0.163 e. The lowest BCUT2D eigenvalue weighted by atomic mass is 10.2. The molecule has 5 heteroatoms. The van der Waals surface area contributed by atoms with Crippen molar-refractivity contribution in [2.75, 3.05) is 6.61 Å². The lowest BCUT2D eigenvalue weighted by Gasteiger charge is -2.19. The summed E-state index contributed by atoms with van der Waals surface area (Å²) in [7, 11) is -0.909. The van der Waals surface area contributed by atoms with Crippen molar-refractivity contribution in [1.82, 2.24) is 0 Å². The quantitative estimate of drug-likeness (QED) is 0.744. The van der Waals surface area contributed by atoms with Gasteiger partial charge in [-0.05, 0) is 33.1 Å². The Hall–Kier alpha value is 0.550. The number of halogens is 1. The van der Waals surface area contributed by atoms with Crippen LogP contribution >= 0.6 is 14.8 Å². The summed E-state index contributed by atoms with van der Waals surface area (Å²) in [6.45, 7) is 4.45. The van der Waals surface area contributed by atoms with Crippen molar-refractivity contribution in [3.63, 3.8) is 0 Å². The first-order chi connectivity index (χ1) is 6.44. The lowest BCUT2D eigenvalue weighted by molar-refractivity contribution is -0.139. The van der Waals surface area contributed by atoms with Crippen molar-refractivity contribution in [3.8, 4) is 0 Å². The van der Waals surface area contributed by atoms with E-state index in [4.69, 9.17) is 9.47 Å². The molecule has 0 bridgehead atoms. The zero-order valence-electron chi connectivity index (χ0n) is 8.42. The highest BCUT2D eigenvalue weighted by atomic mass is 79.9. The monoisotopic (exact) mass is 282 g/mol. The zero-order chi connectivity index (χ0) is 10.4. The van der Waals surface area contributed by atoms with Crippen LogP contribution in [-0.2, 0) is 18.7 Å². The average molecular weight is 283 g/mol. The second kappa shape index (κ2) is 3.54. The van der Waals surface area contributed by atoms with E-state index in [2.05, 4.69) is 14.8 Å². The van der Waals surface area contributed by atoms with Crippen molar-refractivity contribution in [3.05, 3.63) is 0 Å². The van der Waals surface area contributed by atoms with Gasteiger partial charge >= 0.3 is 0 Å². The minimum atomic E-state index is -0.909. The summed E-state index contributed by atoms with van der Waals surface area (Å²) in [5, 5.41) is 0. The van der Waals surface area contributed by atoms with Crippen molar-refractivity contribution in [2.24, 2.45) is 0 Å².